The van der Waals surface area contributed by atoms with Gasteiger partial charge in [-0.2, -0.15) is 0 Å². The molecule has 3 atom stereocenters. The Hall–Kier alpha value is -2.68. The van der Waals surface area contributed by atoms with Crippen molar-refractivity contribution in [2.45, 2.75) is 99.1 Å². The van der Waals surface area contributed by atoms with Crippen molar-refractivity contribution in [3.63, 3.8) is 0 Å². The van der Waals surface area contributed by atoms with Gasteiger partial charge in [-0.1, -0.05) is 60.7 Å². The summed E-state index contributed by atoms with van der Waals surface area (Å²) < 4.78 is 16.2. The quantitative estimate of drug-likeness (QED) is 0.398. The molecule has 6 aliphatic rings. The van der Waals surface area contributed by atoms with Crippen LogP contribution in [0.1, 0.15) is 87.7 Å². The number of fused-ring (bicyclic) bond motifs is 6. The van der Waals surface area contributed by atoms with Crippen molar-refractivity contribution in [1.82, 2.24) is 10.2 Å². The first kappa shape index (κ1) is 29.1. The number of carbonyl (C=O) groups excluding carboxylic acids is 3. The van der Waals surface area contributed by atoms with Gasteiger partial charge in [-0.3, -0.25) is 19.3 Å². The van der Waals surface area contributed by atoms with E-state index in [1.165, 1.54) is 6.07 Å². The largest absolute Gasteiger partial charge is 0.369 e. The van der Waals surface area contributed by atoms with Crippen molar-refractivity contribution in [1.29, 1.82) is 0 Å². The molecule has 8 rings (SSSR count). The van der Waals surface area contributed by atoms with Crippen LogP contribution in [-0.2, 0) is 19.8 Å². The molecule has 0 aromatic heterocycles. The van der Waals surface area contributed by atoms with Crippen LogP contribution in [0.25, 0.3) is 0 Å². The summed E-state index contributed by atoms with van der Waals surface area (Å²) in [5, 5.41) is 6.95. The van der Waals surface area contributed by atoms with Crippen molar-refractivity contribution < 1.29 is 18.8 Å². The summed E-state index contributed by atoms with van der Waals surface area (Å²) in [6.45, 7) is 0. The lowest BCUT2D eigenvalue weighted by Crippen LogP contribution is -2.62. The Morgan fingerprint density at radius 3 is 2.33 bits per heavy atom. The highest BCUT2D eigenvalue weighted by Crippen LogP contribution is 2.66. The topological polar surface area (TPSA) is 105 Å². The highest BCUT2D eigenvalue weighted by molar-refractivity contribution is 6.31. The zero-order valence-corrected chi connectivity index (χ0v) is 25.8. The Morgan fingerprint density at radius 2 is 1.67 bits per heavy atom. The molecule has 2 bridgehead atoms. The molecule has 2 aliphatic heterocycles. The van der Waals surface area contributed by atoms with E-state index < -0.39 is 39.7 Å². The SMILES string of the molecule is CN1C(C(=O)NC23CCC(C(N)=O)(CC2)CC3)C(c2cccc(Cl)c2F)C2(C(=O)Nc3cc(Cl)ccc32)C12CCCCC2. The van der Waals surface area contributed by atoms with Gasteiger partial charge in [0.2, 0.25) is 17.7 Å². The normalized spacial score (nSPS) is 34.4. The number of likely N-dealkylation sites (tertiary alicyclic amines) is 1. The molecule has 0 radical (unpaired) electrons. The fourth-order valence-electron chi connectivity index (χ4n) is 9.83. The average molecular weight is 628 g/mol. The Bertz CT molecular complexity index is 1520. The molecule has 4 N–H and O–H groups in total. The molecular weight excluding hydrogens is 590 g/mol. The zero-order chi connectivity index (χ0) is 30.4. The Balaban J connectivity index is 1.40. The third kappa shape index (κ3) is 3.85. The van der Waals surface area contributed by atoms with E-state index in [0.717, 1.165) is 24.8 Å². The van der Waals surface area contributed by atoms with Gasteiger partial charge in [0.25, 0.3) is 0 Å². The summed E-state index contributed by atoms with van der Waals surface area (Å²) in [5.74, 6) is -2.19. The lowest BCUT2D eigenvalue weighted by atomic mass is 9.55. The second-order valence-corrected chi connectivity index (χ2v) is 14.5. The molecular formula is C33H37Cl2FN4O3. The number of halogens is 3. The summed E-state index contributed by atoms with van der Waals surface area (Å²) in [7, 11) is 1.93. The molecule has 4 saturated carbocycles. The number of nitrogens with zero attached hydrogens (tertiary/aromatic N) is 1. The molecule has 3 unspecified atom stereocenters. The summed E-state index contributed by atoms with van der Waals surface area (Å²) >= 11 is 12.8. The van der Waals surface area contributed by atoms with E-state index in [4.69, 9.17) is 28.9 Å². The number of amides is 3. The number of benzene rings is 2. The Kier molecular flexibility index (Phi) is 6.70. The minimum atomic E-state index is -1.26. The van der Waals surface area contributed by atoms with Crippen LogP contribution in [-0.4, -0.2) is 46.8 Å². The van der Waals surface area contributed by atoms with Crippen LogP contribution in [0, 0.1) is 11.2 Å². The van der Waals surface area contributed by atoms with Crippen LogP contribution in [0.15, 0.2) is 36.4 Å². The number of hydrogen-bond donors (Lipinski definition) is 3. The van der Waals surface area contributed by atoms with Gasteiger partial charge in [-0.25, -0.2) is 4.39 Å². The minimum Gasteiger partial charge on any atom is -0.369 e. The molecule has 2 spiro atoms. The summed E-state index contributed by atoms with van der Waals surface area (Å²) in [6, 6.07) is 9.39. The predicted octanol–water partition coefficient (Wildman–Crippen LogP) is 5.82. The smallest absolute Gasteiger partial charge is 0.238 e. The van der Waals surface area contributed by atoms with E-state index in [-0.39, 0.29) is 28.3 Å². The molecule has 3 amide bonds. The maximum atomic E-state index is 16.2. The third-order valence-corrected chi connectivity index (χ3v) is 12.6. The van der Waals surface area contributed by atoms with E-state index in [2.05, 4.69) is 15.5 Å². The molecule has 7 nitrogen and oxygen atoms in total. The molecule has 4 aliphatic carbocycles. The standard InChI is InChI=1S/C33H37Cl2FN4O3/c1-40-26(27(41)39-31-15-12-30(13-16-31,14-17-31)28(37)42)24(20-6-5-7-22(35)25(20)36)33(32(40)10-3-2-4-11-32)21-9-8-19(34)18-23(21)38-29(33)43/h5-9,18,24,26H,2-4,10-17H2,1H3,(H2,37,42)(H,38,43)(H,39,41). The summed E-state index contributed by atoms with van der Waals surface area (Å²) in [4.78, 5) is 43.8. The molecule has 5 fully saturated rings. The monoisotopic (exact) mass is 626 g/mol. The first-order chi connectivity index (χ1) is 20.5. The van der Waals surface area contributed by atoms with Gasteiger partial charge in [0.15, 0.2) is 0 Å². The zero-order valence-electron chi connectivity index (χ0n) is 24.3. The van der Waals surface area contributed by atoms with Crippen molar-refractivity contribution in [2.75, 3.05) is 12.4 Å². The van der Waals surface area contributed by atoms with Crippen molar-refractivity contribution in [3.05, 3.63) is 63.4 Å². The molecule has 2 aromatic carbocycles. The molecule has 228 valence electrons. The lowest BCUT2D eigenvalue weighted by Gasteiger charge is -2.52. The Labute approximate surface area is 261 Å². The van der Waals surface area contributed by atoms with E-state index in [9.17, 15) is 14.4 Å². The van der Waals surface area contributed by atoms with Gasteiger partial charge in [-0.05, 0) is 87.7 Å². The van der Waals surface area contributed by atoms with E-state index in [1.54, 1.807) is 24.3 Å². The third-order valence-electron chi connectivity index (χ3n) is 12.0. The lowest BCUT2D eigenvalue weighted by molar-refractivity contribution is -0.138. The maximum absolute atomic E-state index is 16.2. The van der Waals surface area contributed by atoms with Crippen LogP contribution in [0.5, 0.6) is 0 Å². The van der Waals surface area contributed by atoms with Gasteiger partial charge in [0.05, 0.1) is 11.1 Å². The van der Waals surface area contributed by atoms with E-state index >= 15 is 4.39 Å². The fourth-order valence-corrected chi connectivity index (χ4v) is 10.2. The number of rotatable bonds is 4. The van der Waals surface area contributed by atoms with E-state index in [1.807, 2.05) is 13.1 Å². The second kappa shape index (κ2) is 9.91. The number of likely N-dealkylation sites (N-methyl/N-ethyl adjacent to an activating group) is 1. The number of anilines is 1. The van der Waals surface area contributed by atoms with Crippen LogP contribution in [0.2, 0.25) is 10.0 Å². The number of primary amides is 1. The van der Waals surface area contributed by atoms with Crippen molar-refractivity contribution >= 4 is 46.6 Å². The molecule has 2 aromatic rings. The average Bonchev–Trinajstić information content (AvgIpc) is 3.40. The number of carbonyl (C=O) groups is 3. The summed E-state index contributed by atoms with van der Waals surface area (Å²) in [6.07, 6.45) is 8.08. The van der Waals surface area contributed by atoms with Crippen LogP contribution < -0.4 is 16.4 Å². The van der Waals surface area contributed by atoms with Crippen LogP contribution >= 0.6 is 23.2 Å². The highest BCUT2D eigenvalue weighted by Gasteiger charge is 2.75. The van der Waals surface area contributed by atoms with Gasteiger partial charge in [0.1, 0.15) is 11.2 Å². The molecule has 10 heteroatoms. The van der Waals surface area contributed by atoms with Crippen molar-refractivity contribution in [3.8, 4) is 0 Å². The molecule has 43 heavy (non-hydrogen) atoms. The maximum Gasteiger partial charge on any atom is 0.238 e. The Morgan fingerprint density at radius 1 is 1.00 bits per heavy atom. The highest BCUT2D eigenvalue weighted by atomic mass is 35.5. The van der Waals surface area contributed by atoms with Crippen molar-refractivity contribution in [2.24, 2.45) is 11.1 Å². The van der Waals surface area contributed by atoms with E-state index in [0.29, 0.717) is 62.1 Å². The van der Waals surface area contributed by atoms with Gasteiger partial charge >= 0.3 is 0 Å². The summed E-state index contributed by atoms with van der Waals surface area (Å²) in [5.41, 5.74) is 4.44. The second-order valence-electron chi connectivity index (χ2n) is 13.6. The van der Waals surface area contributed by atoms with Crippen LogP contribution in [0.4, 0.5) is 10.1 Å². The van der Waals surface area contributed by atoms with Crippen LogP contribution in [0.3, 0.4) is 0 Å². The number of nitrogens with one attached hydrogen (secondary N) is 2. The van der Waals surface area contributed by atoms with Gasteiger partial charge < -0.3 is 16.4 Å². The molecule has 2 heterocycles. The van der Waals surface area contributed by atoms with Gasteiger partial charge in [0, 0.05) is 33.1 Å². The number of hydrogen-bond acceptors (Lipinski definition) is 4. The predicted molar refractivity (Wildman–Crippen MR) is 163 cm³/mol. The first-order valence-corrected chi connectivity index (χ1v) is 16.2. The van der Waals surface area contributed by atoms with Gasteiger partial charge in [-0.15, -0.1) is 0 Å². The minimum absolute atomic E-state index is 0.0465. The fraction of sp³-hybridized carbons (Fsp3) is 0.545. The molecule has 1 saturated heterocycles. The number of nitrogens with two attached hydrogens (primary N) is 1. The first-order valence-electron chi connectivity index (χ1n) is 15.4.